The van der Waals surface area contributed by atoms with Crippen LogP contribution in [0.1, 0.15) is 44.5 Å². The number of methoxy groups -OCH3 is 1. The van der Waals surface area contributed by atoms with Crippen molar-refractivity contribution in [3.63, 3.8) is 0 Å². The Morgan fingerprint density at radius 3 is 2.41 bits per heavy atom. The zero-order valence-electron chi connectivity index (χ0n) is 16.1. The second-order valence-corrected chi connectivity index (χ2v) is 7.07. The second kappa shape index (κ2) is 10.0. The number of hydrogen-bond donors (Lipinski definition) is 2. The number of halogens is 1. The molecule has 0 radical (unpaired) electrons. The first-order chi connectivity index (χ1) is 12.6. The fourth-order valence-electron chi connectivity index (χ4n) is 1.93. The molecule has 1 rings (SSSR count). The van der Waals surface area contributed by atoms with Crippen molar-refractivity contribution < 1.29 is 28.6 Å². The van der Waals surface area contributed by atoms with E-state index in [-0.39, 0.29) is 16.3 Å². The Balaban J connectivity index is 2.70. The lowest BCUT2D eigenvalue weighted by molar-refractivity contribution is -0.123. The van der Waals surface area contributed by atoms with Gasteiger partial charge in [0.1, 0.15) is 0 Å². The summed E-state index contributed by atoms with van der Waals surface area (Å²) in [5.41, 5.74) is -0.414. The van der Waals surface area contributed by atoms with Crippen molar-refractivity contribution in [2.45, 2.75) is 39.7 Å². The molecule has 0 aromatic heterocycles. The average Bonchev–Trinajstić information content (AvgIpc) is 2.56. The Labute approximate surface area is 163 Å². The van der Waals surface area contributed by atoms with Gasteiger partial charge in [-0.15, -0.1) is 0 Å². The minimum atomic E-state index is -0.788. The first-order valence-corrected chi connectivity index (χ1v) is 8.74. The summed E-state index contributed by atoms with van der Waals surface area (Å²) in [6.45, 7) is 7.06. The minimum Gasteiger partial charge on any atom is -0.493 e. The normalized spacial score (nSPS) is 10.7. The van der Waals surface area contributed by atoms with Gasteiger partial charge in [-0.1, -0.05) is 18.5 Å². The van der Waals surface area contributed by atoms with Crippen molar-refractivity contribution in [2.75, 3.05) is 20.3 Å². The van der Waals surface area contributed by atoms with Gasteiger partial charge in [-0.2, -0.15) is 0 Å². The summed E-state index contributed by atoms with van der Waals surface area (Å²) in [6, 6.07) is 2.09. The van der Waals surface area contributed by atoms with E-state index >= 15 is 0 Å². The van der Waals surface area contributed by atoms with Gasteiger partial charge in [0.25, 0.3) is 5.91 Å². The lowest BCUT2D eigenvalue weighted by Gasteiger charge is -2.20. The number of urea groups is 1. The molecule has 0 fully saturated rings. The number of ether oxygens (including phenoxy) is 3. The number of imide groups is 1. The van der Waals surface area contributed by atoms with Gasteiger partial charge in [0.15, 0.2) is 18.1 Å². The van der Waals surface area contributed by atoms with Crippen LogP contribution in [0, 0.1) is 0 Å². The number of hydrogen-bond acceptors (Lipinski definition) is 6. The summed E-state index contributed by atoms with van der Waals surface area (Å²) >= 11 is 6.14. The van der Waals surface area contributed by atoms with Gasteiger partial charge in [0.05, 0.1) is 24.3 Å². The van der Waals surface area contributed by atoms with Gasteiger partial charge in [-0.05, 0) is 39.3 Å². The smallest absolute Gasteiger partial charge is 0.338 e. The molecular weight excluding hydrogens is 376 g/mol. The third kappa shape index (κ3) is 7.74. The molecule has 0 spiro atoms. The number of esters is 1. The molecule has 8 nitrogen and oxygen atoms in total. The van der Waals surface area contributed by atoms with E-state index in [4.69, 9.17) is 25.8 Å². The maximum Gasteiger partial charge on any atom is 0.338 e. The Morgan fingerprint density at radius 1 is 1.19 bits per heavy atom. The summed E-state index contributed by atoms with van der Waals surface area (Å²) < 4.78 is 15.6. The molecule has 3 amide bonds. The zero-order chi connectivity index (χ0) is 20.6. The molecule has 2 N–H and O–H groups in total. The lowest BCUT2D eigenvalue weighted by atomic mass is 10.1. The molecule has 0 saturated carbocycles. The number of rotatable bonds is 7. The van der Waals surface area contributed by atoms with Crippen LogP contribution in [-0.4, -0.2) is 43.8 Å². The molecule has 0 heterocycles. The Hall–Kier alpha value is -2.48. The fourth-order valence-corrected chi connectivity index (χ4v) is 2.20. The predicted octanol–water partition coefficient (Wildman–Crippen LogP) is 2.92. The quantitative estimate of drug-likeness (QED) is 0.682. The van der Waals surface area contributed by atoms with Crippen LogP contribution >= 0.6 is 11.6 Å². The fraction of sp³-hybridized carbons (Fsp3) is 0.500. The molecular formula is C18H25ClN2O6. The topological polar surface area (TPSA) is 103 Å². The van der Waals surface area contributed by atoms with E-state index in [1.54, 1.807) is 20.8 Å². The van der Waals surface area contributed by atoms with Crippen molar-refractivity contribution in [2.24, 2.45) is 0 Å². The molecule has 27 heavy (non-hydrogen) atoms. The molecule has 150 valence electrons. The Kier molecular flexibility index (Phi) is 8.36. The second-order valence-electron chi connectivity index (χ2n) is 6.67. The van der Waals surface area contributed by atoms with Crippen LogP contribution in [0.2, 0.25) is 5.02 Å². The van der Waals surface area contributed by atoms with Gasteiger partial charge in [-0.3, -0.25) is 10.1 Å². The van der Waals surface area contributed by atoms with E-state index in [9.17, 15) is 14.4 Å². The van der Waals surface area contributed by atoms with Gasteiger partial charge in [0, 0.05) is 5.54 Å². The van der Waals surface area contributed by atoms with Crippen molar-refractivity contribution in [3.8, 4) is 11.5 Å². The van der Waals surface area contributed by atoms with Crippen molar-refractivity contribution in [3.05, 3.63) is 22.7 Å². The van der Waals surface area contributed by atoms with Crippen LogP contribution in [0.15, 0.2) is 12.1 Å². The monoisotopic (exact) mass is 400 g/mol. The summed E-state index contributed by atoms with van der Waals surface area (Å²) in [6.07, 6.45) is 0.779. The lowest BCUT2D eigenvalue weighted by Crippen LogP contribution is -2.49. The molecule has 0 saturated heterocycles. The maximum atomic E-state index is 12.2. The van der Waals surface area contributed by atoms with E-state index in [1.165, 1.54) is 19.2 Å². The Morgan fingerprint density at radius 2 is 1.85 bits per heavy atom. The molecule has 1 aromatic carbocycles. The highest BCUT2D eigenvalue weighted by atomic mass is 35.5. The highest BCUT2D eigenvalue weighted by molar-refractivity contribution is 6.32. The van der Waals surface area contributed by atoms with Crippen LogP contribution in [-0.2, 0) is 9.53 Å². The van der Waals surface area contributed by atoms with Gasteiger partial charge in [0.2, 0.25) is 0 Å². The van der Waals surface area contributed by atoms with Crippen LogP contribution in [0.3, 0.4) is 0 Å². The molecule has 0 aliphatic carbocycles. The molecule has 0 atom stereocenters. The Bertz CT molecular complexity index is 700. The summed E-state index contributed by atoms with van der Waals surface area (Å²) in [4.78, 5) is 35.5. The zero-order valence-corrected chi connectivity index (χ0v) is 16.9. The number of benzene rings is 1. The average molecular weight is 401 g/mol. The largest absolute Gasteiger partial charge is 0.493 e. The number of amides is 3. The summed E-state index contributed by atoms with van der Waals surface area (Å²) in [5.74, 6) is -0.944. The molecule has 0 bridgehead atoms. The SMILES string of the molecule is CCCOc1c(Cl)cc(C(=O)OCC(=O)NC(=O)NC(C)(C)C)cc1OC. The van der Waals surface area contributed by atoms with Crippen LogP contribution in [0.5, 0.6) is 11.5 Å². The molecule has 0 unspecified atom stereocenters. The van der Waals surface area contributed by atoms with E-state index in [2.05, 4.69) is 10.6 Å². The maximum absolute atomic E-state index is 12.2. The number of carbonyl (C=O) groups excluding carboxylic acids is 3. The van der Waals surface area contributed by atoms with Crippen LogP contribution < -0.4 is 20.1 Å². The minimum absolute atomic E-state index is 0.0904. The standard InChI is InChI=1S/C18H25ClN2O6/c1-6-7-26-15-12(19)8-11(9-13(15)25-5)16(23)27-10-14(22)20-17(24)21-18(2,3)4/h8-9H,6-7,10H2,1-5H3,(H2,20,21,22,24). The molecule has 9 heteroatoms. The van der Waals surface area contributed by atoms with Crippen molar-refractivity contribution in [1.82, 2.24) is 10.6 Å². The van der Waals surface area contributed by atoms with Gasteiger partial charge >= 0.3 is 12.0 Å². The molecule has 0 aliphatic heterocycles. The van der Waals surface area contributed by atoms with E-state index < -0.39 is 30.1 Å². The predicted molar refractivity (Wildman–Crippen MR) is 100 cm³/mol. The number of carbonyl (C=O) groups is 3. The van der Waals surface area contributed by atoms with Crippen molar-refractivity contribution >= 4 is 29.5 Å². The highest BCUT2D eigenvalue weighted by Crippen LogP contribution is 2.36. The van der Waals surface area contributed by atoms with E-state index in [1.807, 2.05) is 6.92 Å². The number of nitrogens with one attached hydrogen (secondary N) is 2. The third-order valence-corrected chi connectivity index (χ3v) is 3.27. The van der Waals surface area contributed by atoms with Crippen molar-refractivity contribution in [1.29, 1.82) is 0 Å². The van der Waals surface area contributed by atoms with E-state index in [0.717, 1.165) is 6.42 Å². The first-order valence-electron chi connectivity index (χ1n) is 8.36. The van der Waals surface area contributed by atoms with Crippen LogP contribution in [0.25, 0.3) is 0 Å². The highest BCUT2D eigenvalue weighted by Gasteiger charge is 2.19. The molecule has 1 aromatic rings. The van der Waals surface area contributed by atoms with Gasteiger partial charge in [-0.25, -0.2) is 9.59 Å². The third-order valence-electron chi connectivity index (χ3n) is 2.99. The first kappa shape index (κ1) is 22.6. The van der Waals surface area contributed by atoms with Gasteiger partial charge < -0.3 is 19.5 Å². The summed E-state index contributed by atoms with van der Waals surface area (Å²) in [7, 11) is 1.42. The van der Waals surface area contributed by atoms with Crippen LogP contribution in [0.4, 0.5) is 4.79 Å². The summed E-state index contributed by atoms with van der Waals surface area (Å²) in [5, 5.41) is 4.81. The molecule has 0 aliphatic rings. The van der Waals surface area contributed by atoms with E-state index in [0.29, 0.717) is 12.4 Å².